The van der Waals surface area contributed by atoms with Gasteiger partial charge >= 0.3 is 0 Å². The first-order valence-electron chi connectivity index (χ1n) is 10.2. The van der Waals surface area contributed by atoms with Crippen molar-refractivity contribution in [3.05, 3.63) is 35.9 Å². The van der Waals surface area contributed by atoms with Crippen molar-refractivity contribution in [2.24, 2.45) is 0 Å². The number of aliphatic hydroxyl groups is 1. The lowest BCUT2D eigenvalue weighted by atomic mass is 10.2. The maximum atomic E-state index is 10.6. The van der Waals surface area contributed by atoms with Crippen LogP contribution in [0.1, 0.15) is 38.7 Å². The van der Waals surface area contributed by atoms with E-state index in [1.54, 1.807) is 18.7 Å². The summed E-state index contributed by atoms with van der Waals surface area (Å²) in [6.45, 7) is 5.24. The molecule has 0 radical (unpaired) electrons. The molecular formula is C21H27N5O2S2. The Kier molecular flexibility index (Phi) is 6.72. The van der Waals surface area contributed by atoms with Gasteiger partial charge < -0.3 is 20.5 Å². The number of benzene rings is 1. The first-order chi connectivity index (χ1) is 14.5. The number of nitrogens with one attached hydrogen (secondary N) is 2. The van der Waals surface area contributed by atoms with Crippen LogP contribution in [0.5, 0.6) is 0 Å². The maximum Gasteiger partial charge on any atom is 0.191 e. The highest BCUT2D eigenvalue weighted by molar-refractivity contribution is 7.98. The van der Waals surface area contributed by atoms with Crippen molar-refractivity contribution in [3.8, 4) is 0 Å². The molecule has 7 nitrogen and oxygen atoms in total. The summed E-state index contributed by atoms with van der Waals surface area (Å²) in [5.41, 5.74) is 0.783. The van der Waals surface area contributed by atoms with Crippen LogP contribution in [0.15, 0.2) is 35.5 Å². The van der Waals surface area contributed by atoms with E-state index in [0.29, 0.717) is 23.0 Å². The van der Waals surface area contributed by atoms with Gasteiger partial charge in [-0.15, -0.1) is 0 Å². The van der Waals surface area contributed by atoms with Crippen LogP contribution in [0.2, 0.25) is 0 Å². The molecule has 0 bridgehead atoms. The molecule has 1 aromatic carbocycles. The van der Waals surface area contributed by atoms with Gasteiger partial charge in [-0.1, -0.05) is 60.4 Å². The second-order valence-corrected chi connectivity index (χ2v) is 9.51. The molecule has 1 saturated heterocycles. The van der Waals surface area contributed by atoms with Gasteiger partial charge in [0.2, 0.25) is 0 Å². The molecule has 1 aliphatic rings. The lowest BCUT2D eigenvalue weighted by Gasteiger charge is -2.23. The average molecular weight is 446 g/mol. The van der Waals surface area contributed by atoms with E-state index in [1.807, 2.05) is 25.1 Å². The molecule has 1 aliphatic heterocycles. The molecule has 30 heavy (non-hydrogen) atoms. The van der Waals surface area contributed by atoms with Crippen molar-refractivity contribution in [1.29, 1.82) is 0 Å². The molecular weight excluding hydrogens is 418 g/mol. The summed E-state index contributed by atoms with van der Waals surface area (Å²) >= 11 is 3.06. The average Bonchev–Trinajstić information content (AvgIpc) is 3.41. The third-order valence-electron chi connectivity index (χ3n) is 5.03. The van der Waals surface area contributed by atoms with Gasteiger partial charge in [-0.3, -0.25) is 0 Å². The number of hydrogen-bond acceptors (Lipinski definition) is 9. The van der Waals surface area contributed by atoms with Crippen LogP contribution in [0.4, 0.5) is 10.9 Å². The van der Waals surface area contributed by atoms with Crippen LogP contribution in [-0.2, 0) is 10.5 Å². The van der Waals surface area contributed by atoms with Crippen molar-refractivity contribution in [2.45, 2.75) is 55.8 Å². The van der Waals surface area contributed by atoms with Crippen LogP contribution >= 0.6 is 23.1 Å². The van der Waals surface area contributed by atoms with Gasteiger partial charge in [0.15, 0.2) is 21.8 Å². The first kappa shape index (κ1) is 21.3. The Bertz CT molecular complexity index is 974. The zero-order valence-corrected chi connectivity index (χ0v) is 18.9. The first-order valence-corrected chi connectivity index (χ1v) is 12.0. The van der Waals surface area contributed by atoms with E-state index in [-0.39, 0.29) is 6.10 Å². The number of fused-ring (bicyclic) bond motifs is 1. The molecule has 9 heteroatoms. The number of nitrogens with zero attached hydrogens (tertiary/aromatic N) is 3. The van der Waals surface area contributed by atoms with E-state index in [2.05, 4.69) is 32.7 Å². The number of rotatable bonds is 9. The standard InChI is InChI=1S/C21H27N5O2S2/c1-3-21(2,27)26-18-16-17(23-19(30-16)22-12-15-10-7-11-28-15)24-20(25-18)29-13-14-8-5-4-6-9-14/h4-6,8-9,15,27H,3,7,10-13H2,1-2H3,(H2,22,23,24,25,26). The van der Waals surface area contributed by atoms with Gasteiger partial charge in [0, 0.05) is 18.9 Å². The molecule has 3 aromatic rings. The van der Waals surface area contributed by atoms with Crippen LogP contribution < -0.4 is 10.6 Å². The normalized spacial score (nSPS) is 18.4. The van der Waals surface area contributed by atoms with Crippen molar-refractivity contribution in [2.75, 3.05) is 23.8 Å². The van der Waals surface area contributed by atoms with Gasteiger partial charge in [-0.05, 0) is 31.7 Å². The second-order valence-electron chi connectivity index (χ2n) is 7.57. The summed E-state index contributed by atoms with van der Waals surface area (Å²) in [6, 6.07) is 10.2. The minimum absolute atomic E-state index is 0.235. The van der Waals surface area contributed by atoms with Gasteiger partial charge in [0.1, 0.15) is 10.4 Å². The zero-order chi connectivity index (χ0) is 21.0. The molecule has 0 aliphatic carbocycles. The predicted octanol–water partition coefficient (Wildman–Crippen LogP) is 4.50. The monoisotopic (exact) mass is 445 g/mol. The third-order valence-corrected chi connectivity index (χ3v) is 6.95. The Balaban J connectivity index is 1.58. The highest BCUT2D eigenvalue weighted by atomic mass is 32.2. The minimum atomic E-state index is -1.06. The number of thioether (sulfide) groups is 1. The van der Waals surface area contributed by atoms with Crippen LogP contribution in [0, 0.1) is 0 Å². The number of anilines is 2. The maximum absolute atomic E-state index is 10.6. The van der Waals surface area contributed by atoms with Crippen LogP contribution in [-0.4, -0.2) is 45.0 Å². The Morgan fingerprint density at radius 2 is 2.10 bits per heavy atom. The summed E-state index contributed by atoms with van der Waals surface area (Å²) < 4.78 is 6.52. The van der Waals surface area contributed by atoms with Crippen molar-refractivity contribution < 1.29 is 9.84 Å². The molecule has 2 aromatic heterocycles. The Labute approximate surface area is 184 Å². The zero-order valence-electron chi connectivity index (χ0n) is 17.2. The van der Waals surface area contributed by atoms with Gasteiger partial charge in [-0.25, -0.2) is 9.97 Å². The number of ether oxygens (including phenoxy) is 1. The number of aromatic nitrogens is 3. The van der Waals surface area contributed by atoms with E-state index >= 15 is 0 Å². The largest absolute Gasteiger partial charge is 0.376 e. The van der Waals surface area contributed by atoms with E-state index in [0.717, 1.165) is 41.6 Å². The fraction of sp³-hybridized carbons (Fsp3) is 0.476. The lowest BCUT2D eigenvalue weighted by molar-refractivity contribution is 0.0859. The summed E-state index contributed by atoms with van der Waals surface area (Å²) in [5, 5.41) is 18.5. The van der Waals surface area contributed by atoms with E-state index in [9.17, 15) is 5.11 Å². The molecule has 2 unspecified atom stereocenters. The molecule has 160 valence electrons. The van der Waals surface area contributed by atoms with E-state index in [4.69, 9.17) is 9.72 Å². The molecule has 0 amide bonds. The van der Waals surface area contributed by atoms with Crippen LogP contribution in [0.3, 0.4) is 0 Å². The van der Waals surface area contributed by atoms with Crippen LogP contribution in [0.25, 0.3) is 10.3 Å². The number of hydrogen-bond donors (Lipinski definition) is 3. The minimum Gasteiger partial charge on any atom is -0.376 e. The SMILES string of the molecule is CCC(C)(O)Nc1nc(SCc2ccccc2)nc2nc(NCC3CCCO3)sc12. The highest BCUT2D eigenvalue weighted by Crippen LogP contribution is 2.34. The van der Waals surface area contributed by atoms with E-state index in [1.165, 1.54) is 16.9 Å². The van der Waals surface area contributed by atoms with E-state index < -0.39 is 5.72 Å². The molecule has 4 rings (SSSR count). The summed E-state index contributed by atoms with van der Waals surface area (Å²) in [4.78, 5) is 14.0. The third kappa shape index (κ3) is 5.40. The second kappa shape index (κ2) is 9.47. The molecule has 0 saturated carbocycles. The fourth-order valence-electron chi connectivity index (χ4n) is 3.10. The lowest BCUT2D eigenvalue weighted by Crippen LogP contribution is -2.33. The molecule has 3 N–H and O–H groups in total. The number of thiazole rings is 1. The molecule has 3 heterocycles. The van der Waals surface area contributed by atoms with Gasteiger partial charge in [0.05, 0.1) is 6.10 Å². The smallest absolute Gasteiger partial charge is 0.191 e. The predicted molar refractivity (Wildman–Crippen MR) is 123 cm³/mol. The summed E-state index contributed by atoms with van der Waals surface area (Å²) in [5.74, 6) is 1.38. The topological polar surface area (TPSA) is 92.2 Å². The highest BCUT2D eigenvalue weighted by Gasteiger charge is 2.22. The molecule has 0 spiro atoms. The summed E-state index contributed by atoms with van der Waals surface area (Å²) in [6.07, 6.45) is 2.97. The molecule has 2 atom stereocenters. The van der Waals surface area contributed by atoms with Crippen molar-refractivity contribution in [1.82, 2.24) is 15.0 Å². The van der Waals surface area contributed by atoms with Crippen molar-refractivity contribution >= 4 is 44.4 Å². The Morgan fingerprint density at radius 3 is 2.83 bits per heavy atom. The Hall–Kier alpha value is -1.94. The van der Waals surface area contributed by atoms with Gasteiger partial charge in [-0.2, -0.15) is 4.98 Å². The fourth-order valence-corrected chi connectivity index (χ4v) is 4.75. The summed E-state index contributed by atoms with van der Waals surface area (Å²) in [7, 11) is 0. The van der Waals surface area contributed by atoms with Gasteiger partial charge in [0.25, 0.3) is 0 Å². The quantitative estimate of drug-likeness (QED) is 0.252. The Morgan fingerprint density at radius 1 is 1.27 bits per heavy atom. The van der Waals surface area contributed by atoms with Crippen molar-refractivity contribution in [3.63, 3.8) is 0 Å². The molecule has 1 fully saturated rings.